The zero-order valence-electron chi connectivity index (χ0n) is 10.7. The molecule has 0 saturated heterocycles. The minimum atomic E-state index is -0.979. The molecule has 0 spiro atoms. The van der Waals surface area contributed by atoms with Gasteiger partial charge in [-0.2, -0.15) is 4.39 Å². The fourth-order valence-corrected chi connectivity index (χ4v) is 2.18. The van der Waals surface area contributed by atoms with Crippen molar-refractivity contribution in [2.75, 3.05) is 6.54 Å². The third-order valence-electron chi connectivity index (χ3n) is 2.81. The molecule has 0 atom stereocenters. The van der Waals surface area contributed by atoms with Gasteiger partial charge in [-0.15, -0.1) is 0 Å². The molecular formula is C15H14BrF2NO. The molecule has 2 aromatic carbocycles. The van der Waals surface area contributed by atoms with Crippen molar-refractivity contribution in [3.63, 3.8) is 0 Å². The average molecular weight is 342 g/mol. The van der Waals surface area contributed by atoms with Crippen LogP contribution in [0.15, 0.2) is 40.9 Å². The maximum atomic E-state index is 13.5. The van der Waals surface area contributed by atoms with Crippen molar-refractivity contribution >= 4 is 15.9 Å². The van der Waals surface area contributed by atoms with Crippen LogP contribution in [0.25, 0.3) is 0 Å². The van der Waals surface area contributed by atoms with Crippen LogP contribution in [0.3, 0.4) is 0 Å². The first-order chi connectivity index (χ1) is 9.60. The Morgan fingerprint density at radius 2 is 1.70 bits per heavy atom. The molecule has 5 heteroatoms. The molecule has 0 aromatic heterocycles. The van der Waals surface area contributed by atoms with Crippen LogP contribution in [0, 0.1) is 11.6 Å². The molecule has 2 aromatic rings. The van der Waals surface area contributed by atoms with Crippen LogP contribution in [0.1, 0.15) is 11.1 Å². The number of nitrogens with two attached hydrogens (primary N) is 1. The molecule has 2 nitrogen and oxygen atoms in total. The molecular weight excluding hydrogens is 328 g/mol. The summed E-state index contributed by atoms with van der Waals surface area (Å²) >= 11 is 3.10. The van der Waals surface area contributed by atoms with Gasteiger partial charge < -0.3 is 10.5 Å². The Morgan fingerprint density at radius 1 is 1.05 bits per heavy atom. The largest absolute Gasteiger partial charge is 0.486 e. The maximum absolute atomic E-state index is 13.5. The third-order valence-corrected chi connectivity index (χ3v) is 3.27. The molecule has 0 bridgehead atoms. The monoisotopic (exact) mass is 341 g/mol. The number of hydrogen-bond acceptors (Lipinski definition) is 2. The summed E-state index contributed by atoms with van der Waals surface area (Å²) < 4.78 is 32.5. The van der Waals surface area contributed by atoms with Crippen molar-refractivity contribution in [2.45, 2.75) is 13.0 Å². The fraction of sp³-hybridized carbons (Fsp3) is 0.200. The van der Waals surface area contributed by atoms with Crippen LogP contribution >= 0.6 is 15.9 Å². The van der Waals surface area contributed by atoms with E-state index in [2.05, 4.69) is 15.9 Å². The normalized spacial score (nSPS) is 10.6. The molecule has 0 fully saturated rings. The second kappa shape index (κ2) is 6.81. The van der Waals surface area contributed by atoms with Crippen molar-refractivity contribution in [3.05, 3.63) is 63.6 Å². The molecule has 0 aliphatic heterocycles. The Kier molecular flexibility index (Phi) is 5.09. The third kappa shape index (κ3) is 3.77. The highest BCUT2D eigenvalue weighted by atomic mass is 79.9. The Labute approximate surface area is 124 Å². The first-order valence-corrected chi connectivity index (χ1v) is 6.94. The van der Waals surface area contributed by atoms with E-state index in [0.717, 1.165) is 23.6 Å². The van der Waals surface area contributed by atoms with E-state index >= 15 is 0 Å². The molecule has 2 rings (SSSR count). The zero-order valence-corrected chi connectivity index (χ0v) is 12.3. The maximum Gasteiger partial charge on any atom is 0.200 e. The summed E-state index contributed by atoms with van der Waals surface area (Å²) in [6, 6.07) is 10.1. The van der Waals surface area contributed by atoms with Crippen LogP contribution < -0.4 is 10.5 Å². The Hall–Kier alpha value is -1.46. The lowest BCUT2D eigenvalue weighted by Crippen LogP contribution is -2.03. The van der Waals surface area contributed by atoms with Gasteiger partial charge >= 0.3 is 0 Å². The van der Waals surface area contributed by atoms with Gasteiger partial charge in [0.1, 0.15) is 6.61 Å². The van der Waals surface area contributed by atoms with Gasteiger partial charge in [0, 0.05) is 4.47 Å². The van der Waals surface area contributed by atoms with Gasteiger partial charge in [-0.25, -0.2) is 4.39 Å². The van der Waals surface area contributed by atoms with Gasteiger partial charge in [0.15, 0.2) is 11.6 Å². The predicted octanol–water partition coefficient (Wildman–Crippen LogP) is 3.81. The van der Waals surface area contributed by atoms with Crippen LogP contribution in [0.2, 0.25) is 0 Å². The predicted molar refractivity (Wildman–Crippen MR) is 77.6 cm³/mol. The van der Waals surface area contributed by atoms with Gasteiger partial charge in [0.2, 0.25) is 5.82 Å². The van der Waals surface area contributed by atoms with Crippen molar-refractivity contribution < 1.29 is 13.5 Å². The highest BCUT2D eigenvalue weighted by molar-refractivity contribution is 9.10. The smallest absolute Gasteiger partial charge is 0.200 e. The topological polar surface area (TPSA) is 35.2 Å². The lowest BCUT2D eigenvalue weighted by molar-refractivity contribution is 0.284. The number of benzene rings is 2. The Bertz CT molecular complexity index is 587. The summed E-state index contributed by atoms with van der Waals surface area (Å²) in [6.45, 7) is 0.772. The van der Waals surface area contributed by atoms with E-state index in [-0.39, 0.29) is 12.4 Å². The first kappa shape index (κ1) is 14.9. The SMILES string of the molecule is NCCc1ccc(COc2cc(Br)cc(F)c2F)cc1. The molecule has 0 aliphatic rings. The van der Waals surface area contributed by atoms with Crippen molar-refractivity contribution in [2.24, 2.45) is 5.73 Å². The number of halogens is 3. The van der Waals surface area contributed by atoms with Gasteiger partial charge in [0.25, 0.3) is 0 Å². The van der Waals surface area contributed by atoms with Gasteiger partial charge in [-0.3, -0.25) is 0 Å². The second-order valence-corrected chi connectivity index (χ2v) is 5.26. The molecule has 0 amide bonds. The number of hydrogen-bond donors (Lipinski definition) is 1. The van der Waals surface area contributed by atoms with Gasteiger partial charge in [0.05, 0.1) is 0 Å². The van der Waals surface area contributed by atoms with E-state index in [9.17, 15) is 8.78 Å². The van der Waals surface area contributed by atoms with E-state index < -0.39 is 11.6 Å². The van der Waals surface area contributed by atoms with Crippen LogP contribution in [0.5, 0.6) is 5.75 Å². The minimum Gasteiger partial charge on any atom is -0.486 e. The van der Waals surface area contributed by atoms with Gasteiger partial charge in [-0.1, -0.05) is 40.2 Å². The van der Waals surface area contributed by atoms with Crippen LogP contribution in [0.4, 0.5) is 8.78 Å². The zero-order chi connectivity index (χ0) is 14.5. The summed E-state index contributed by atoms with van der Waals surface area (Å²) in [6.07, 6.45) is 0.812. The summed E-state index contributed by atoms with van der Waals surface area (Å²) in [5.74, 6) is -2.02. The van der Waals surface area contributed by atoms with E-state index in [0.29, 0.717) is 11.0 Å². The molecule has 2 N–H and O–H groups in total. The standard InChI is InChI=1S/C15H14BrF2NO/c16-12-7-13(17)15(18)14(8-12)20-9-11-3-1-10(2-4-11)5-6-19/h1-4,7-8H,5-6,9,19H2. The van der Waals surface area contributed by atoms with Crippen molar-refractivity contribution in [1.82, 2.24) is 0 Å². The summed E-state index contributed by atoms with van der Waals surface area (Å²) in [7, 11) is 0. The molecule has 106 valence electrons. The minimum absolute atomic E-state index is 0.108. The van der Waals surface area contributed by atoms with Crippen LogP contribution in [-0.4, -0.2) is 6.54 Å². The first-order valence-electron chi connectivity index (χ1n) is 6.15. The van der Waals surface area contributed by atoms with E-state index in [1.807, 2.05) is 24.3 Å². The van der Waals surface area contributed by atoms with E-state index in [1.165, 1.54) is 6.07 Å². The molecule has 0 saturated carbocycles. The Morgan fingerprint density at radius 3 is 2.35 bits per heavy atom. The Balaban J connectivity index is 2.05. The lowest BCUT2D eigenvalue weighted by Gasteiger charge is -2.09. The van der Waals surface area contributed by atoms with Gasteiger partial charge in [-0.05, 0) is 36.2 Å². The summed E-state index contributed by atoms with van der Waals surface area (Å²) in [4.78, 5) is 0. The molecule has 0 aliphatic carbocycles. The highest BCUT2D eigenvalue weighted by Gasteiger charge is 2.11. The second-order valence-electron chi connectivity index (χ2n) is 4.34. The lowest BCUT2D eigenvalue weighted by atomic mass is 10.1. The molecule has 0 radical (unpaired) electrons. The van der Waals surface area contributed by atoms with Crippen molar-refractivity contribution in [3.8, 4) is 5.75 Å². The van der Waals surface area contributed by atoms with Crippen molar-refractivity contribution in [1.29, 1.82) is 0 Å². The molecule has 0 unspecified atom stereocenters. The molecule has 20 heavy (non-hydrogen) atoms. The van der Waals surface area contributed by atoms with E-state index in [1.54, 1.807) is 0 Å². The van der Waals surface area contributed by atoms with Crippen LogP contribution in [-0.2, 0) is 13.0 Å². The number of ether oxygens (including phenoxy) is 1. The highest BCUT2D eigenvalue weighted by Crippen LogP contribution is 2.26. The fourth-order valence-electron chi connectivity index (χ4n) is 1.77. The average Bonchev–Trinajstić information content (AvgIpc) is 2.43. The van der Waals surface area contributed by atoms with E-state index in [4.69, 9.17) is 10.5 Å². The molecule has 0 heterocycles. The quantitative estimate of drug-likeness (QED) is 0.839. The summed E-state index contributed by atoms with van der Waals surface area (Å²) in [5, 5.41) is 0. The number of rotatable bonds is 5. The summed E-state index contributed by atoms with van der Waals surface area (Å²) in [5.41, 5.74) is 7.49.